The van der Waals surface area contributed by atoms with Crippen LogP contribution in [0.3, 0.4) is 0 Å². The van der Waals surface area contributed by atoms with E-state index in [2.05, 4.69) is 10.6 Å². The standard InChI is InChI=1S/C43H50FN5O7/c1-42(2,3)56-40(53)43(45,33-18-20-34(44)21-19-33)27-37(50)48-23-24-49(36(38(51)46-4)26-30-16-17-31-13-8-9-14-32(31)25-30)39(52)35(48)15-10-22-47-41(54)55-28-29-11-6-5-7-12-29/h5-9,11-14,16-21,25,35-36H,10,15,22-24,26-28,45H2,1-4H3,(H,46,51)(H,47,54). The third-order valence-corrected chi connectivity index (χ3v) is 9.70. The Hall–Kier alpha value is -5.82. The van der Waals surface area contributed by atoms with Crippen molar-refractivity contribution in [3.63, 3.8) is 0 Å². The van der Waals surface area contributed by atoms with Crippen LogP contribution in [-0.4, -0.2) is 84.0 Å². The molecule has 1 aliphatic heterocycles. The van der Waals surface area contributed by atoms with Gasteiger partial charge in [0, 0.05) is 33.1 Å². The maximum absolute atomic E-state index is 14.6. The lowest BCUT2D eigenvalue weighted by Gasteiger charge is -2.44. The van der Waals surface area contributed by atoms with Gasteiger partial charge in [-0.3, -0.25) is 14.4 Å². The molecule has 4 N–H and O–H groups in total. The molecule has 0 aromatic heterocycles. The summed E-state index contributed by atoms with van der Waals surface area (Å²) in [5.41, 5.74) is 5.60. The van der Waals surface area contributed by atoms with E-state index in [-0.39, 0.29) is 57.0 Å². The molecule has 0 bridgehead atoms. The molecule has 12 nitrogen and oxygen atoms in total. The number of benzene rings is 4. The van der Waals surface area contributed by atoms with Gasteiger partial charge in [-0.2, -0.15) is 0 Å². The molecule has 13 heteroatoms. The largest absolute Gasteiger partial charge is 0.458 e. The van der Waals surface area contributed by atoms with Crippen LogP contribution in [-0.2, 0) is 47.2 Å². The lowest BCUT2D eigenvalue weighted by atomic mass is 9.86. The van der Waals surface area contributed by atoms with Gasteiger partial charge in [-0.05, 0) is 73.2 Å². The second kappa shape index (κ2) is 18.2. The van der Waals surface area contributed by atoms with E-state index in [1.165, 1.54) is 29.0 Å². The number of halogens is 1. The minimum Gasteiger partial charge on any atom is -0.458 e. The first-order chi connectivity index (χ1) is 26.7. The number of amides is 4. The Kier molecular flexibility index (Phi) is 13.4. The summed E-state index contributed by atoms with van der Waals surface area (Å²) in [4.78, 5) is 71.4. The van der Waals surface area contributed by atoms with Gasteiger partial charge in [0.1, 0.15) is 35.6 Å². The minimum absolute atomic E-state index is 0.0252. The number of piperazine rings is 1. The Morgan fingerprint density at radius 1 is 0.893 bits per heavy atom. The molecule has 0 saturated carbocycles. The molecule has 1 aliphatic rings. The van der Waals surface area contributed by atoms with Crippen molar-refractivity contribution in [3.8, 4) is 0 Å². The Balaban J connectivity index is 1.38. The lowest BCUT2D eigenvalue weighted by Crippen LogP contribution is -2.64. The van der Waals surface area contributed by atoms with Crippen LogP contribution in [0.1, 0.15) is 56.7 Å². The van der Waals surface area contributed by atoms with Crippen LogP contribution in [0.4, 0.5) is 9.18 Å². The summed E-state index contributed by atoms with van der Waals surface area (Å²) in [5, 5.41) is 7.42. The molecule has 0 spiro atoms. The van der Waals surface area contributed by atoms with E-state index in [0.717, 1.165) is 34.0 Å². The highest BCUT2D eigenvalue weighted by atomic mass is 19.1. The van der Waals surface area contributed by atoms with Crippen LogP contribution in [0.15, 0.2) is 97.1 Å². The van der Waals surface area contributed by atoms with Gasteiger partial charge in [0.05, 0.1) is 6.42 Å². The third kappa shape index (κ3) is 10.5. The normalized spacial score (nSPS) is 16.1. The number of hydrogen-bond donors (Lipinski definition) is 3. The van der Waals surface area contributed by atoms with Crippen molar-refractivity contribution >= 4 is 40.6 Å². The summed E-state index contributed by atoms with van der Waals surface area (Å²) in [5.74, 6) is -2.88. The summed E-state index contributed by atoms with van der Waals surface area (Å²) in [6.07, 6.45) is -0.630. The highest BCUT2D eigenvalue weighted by Crippen LogP contribution is 2.30. The van der Waals surface area contributed by atoms with E-state index in [9.17, 15) is 28.4 Å². The molecule has 0 aliphatic carbocycles. The fourth-order valence-corrected chi connectivity index (χ4v) is 6.80. The lowest BCUT2D eigenvalue weighted by molar-refractivity contribution is -0.166. The number of likely N-dealkylation sites (N-methyl/N-ethyl adjacent to an activating group) is 1. The zero-order valence-corrected chi connectivity index (χ0v) is 32.3. The highest BCUT2D eigenvalue weighted by Gasteiger charge is 2.47. The number of ether oxygens (including phenoxy) is 2. The number of nitrogens with zero attached hydrogens (tertiary/aromatic N) is 2. The Labute approximate surface area is 326 Å². The SMILES string of the molecule is CNC(=O)C(Cc1ccc2ccccc2c1)N1CCN(C(=O)CC(N)(C(=O)OC(C)(C)C)c2ccc(F)cc2)C(CCCNC(=O)OCc2ccccc2)C1=O. The van der Waals surface area contributed by atoms with E-state index >= 15 is 0 Å². The van der Waals surface area contributed by atoms with Gasteiger partial charge >= 0.3 is 12.1 Å². The van der Waals surface area contributed by atoms with Gasteiger partial charge in [-0.1, -0.05) is 84.9 Å². The Morgan fingerprint density at radius 2 is 1.57 bits per heavy atom. The van der Waals surface area contributed by atoms with Crippen molar-refractivity contribution in [2.24, 2.45) is 5.73 Å². The van der Waals surface area contributed by atoms with Crippen LogP contribution in [0.25, 0.3) is 10.8 Å². The molecule has 4 amide bonds. The molecule has 1 saturated heterocycles. The zero-order chi connectivity index (χ0) is 40.5. The number of alkyl carbamates (subject to hydrolysis) is 1. The van der Waals surface area contributed by atoms with E-state index in [0.29, 0.717) is 0 Å². The highest BCUT2D eigenvalue weighted by molar-refractivity contribution is 5.95. The van der Waals surface area contributed by atoms with Gasteiger partial charge in [0.25, 0.3) is 0 Å². The molecule has 1 fully saturated rings. The van der Waals surface area contributed by atoms with Crippen LogP contribution in [0.5, 0.6) is 0 Å². The molecule has 3 unspecified atom stereocenters. The Morgan fingerprint density at radius 3 is 2.25 bits per heavy atom. The number of hydrogen-bond acceptors (Lipinski definition) is 8. The minimum atomic E-state index is -2.02. The number of carbonyl (C=O) groups is 5. The predicted molar refractivity (Wildman–Crippen MR) is 209 cm³/mol. The summed E-state index contributed by atoms with van der Waals surface area (Å²) in [6.45, 7) is 5.26. The quantitative estimate of drug-likeness (QED) is 0.120. The topological polar surface area (TPSA) is 160 Å². The van der Waals surface area contributed by atoms with Crippen molar-refractivity contribution in [1.29, 1.82) is 0 Å². The molecule has 56 heavy (non-hydrogen) atoms. The molecular formula is C43H50FN5O7. The number of esters is 1. The fraction of sp³-hybridized carbons (Fsp3) is 0.372. The number of nitrogens with two attached hydrogens (primary N) is 1. The van der Waals surface area contributed by atoms with E-state index in [4.69, 9.17) is 15.2 Å². The third-order valence-electron chi connectivity index (χ3n) is 9.70. The first-order valence-corrected chi connectivity index (χ1v) is 18.7. The number of carbonyl (C=O) groups excluding carboxylic acids is 5. The van der Waals surface area contributed by atoms with Gasteiger partial charge in [-0.15, -0.1) is 0 Å². The van der Waals surface area contributed by atoms with Crippen molar-refractivity contribution in [1.82, 2.24) is 20.4 Å². The van der Waals surface area contributed by atoms with Crippen LogP contribution < -0.4 is 16.4 Å². The number of nitrogens with one attached hydrogen (secondary N) is 2. The van der Waals surface area contributed by atoms with Gasteiger partial charge in [-0.25, -0.2) is 14.0 Å². The van der Waals surface area contributed by atoms with Crippen molar-refractivity contribution < 1.29 is 37.8 Å². The second-order valence-electron chi connectivity index (χ2n) is 14.9. The van der Waals surface area contributed by atoms with E-state index in [1.54, 1.807) is 20.8 Å². The summed E-state index contributed by atoms with van der Waals surface area (Å²) in [7, 11) is 1.51. The fourth-order valence-electron chi connectivity index (χ4n) is 6.80. The average molecular weight is 768 g/mol. The maximum Gasteiger partial charge on any atom is 0.407 e. The van der Waals surface area contributed by atoms with Gasteiger partial charge < -0.3 is 35.6 Å². The molecular weight excluding hydrogens is 717 g/mol. The maximum atomic E-state index is 14.6. The average Bonchev–Trinajstić information content (AvgIpc) is 3.17. The second-order valence-corrected chi connectivity index (χ2v) is 14.9. The van der Waals surface area contributed by atoms with Crippen molar-refractivity contribution in [2.75, 3.05) is 26.7 Å². The number of rotatable bonds is 14. The first-order valence-electron chi connectivity index (χ1n) is 18.7. The van der Waals surface area contributed by atoms with Crippen molar-refractivity contribution in [3.05, 3.63) is 120 Å². The molecule has 0 radical (unpaired) electrons. The van der Waals surface area contributed by atoms with E-state index in [1.807, 2.05) is 72.8 Å². The molecule has 4 aromatic rings. The molecule has 5 rings (SSSR count). The molecule has 296 valence electrons. The Bertz CT molecular complexity index is 2020. The predicted octanol–water partition coefficient (Wildman–Crippen LogP) is 4.97. The monoisotopic (exact) mass is 767 g/mol. The molecule has 3 atom stereocenters. The zero-order valence-electron chi connectivity index (χ0n) is 32.3. The smallest absolute Gasteiger partial charge is 0.407 e. The summed E-state index contributed by atoms with van der Waals surface area (Å²) >= 11 is 0. The van der Waals surface area contributed by atoms with Crippen LogP contribution in [0.2, 0.25) is 0 Å². The summed E-state index contributed by atoms with van der Waals surface area (Å²) < 4.78 is 24.9. The van der Waals surface area contributed by atoms with E-state index < -0.39 is 59.3 Å². The number of fused-ring (bicyclic) bond motifs is 1. The molecule has 4 aromatic carbocycles. The first kappa shape index (κ1) is 41.3. The van der Waals surface area contributed by atoms with Crippen LogP contribution >= 0.6 is 0 Å². The van der Waals surface area contributed by atoms with Crippen molar-refractivity contribution in [2.45, 2.75) is 76.3 Å². The van der Waals surface area contributed by atoms with Gasteiger partial charge in [0.2, 0.25) is 17.7 Å². The molecule has 1 heterocycles. The summed E-state index contributed by atoms with van der Waals surface area (Å²) in [6, 6.07) is 25.9. The van der Waals surface area contributed by atoms with Gasteiger partial charge in [0.15, 0.2) is 0 Å². The van der Waals surface area contributed by atoms with Crippen LogP contribution in [0, 0.1) is 5.82 Å².